The molecule has 0 aliphatic rings. The van der Waals surface area contributed by atoms with Crippen molar-refractivity contribution in [1.29, 1.82) is 0 Å². The molecule has 0 atom stereocenters. The summed E-state index contributed by atoms with van der Waals surface area (Å²) in [6, 6.07) is 5.19. The van der Waals surface area contributed by atoms with Crippen LogP contribution in [0.25, 0.3) is 0 Å². The van der Waals surface area contributed by atoms with Gasteiger partial charge in [0.2, 0.25) is 0 Å². The molecule has 112 valence electrons. The van der Waals surface area contributed by atoms with E-state index in [4.69, 9.17) is 16.3 Å². The Kier molecular flexibility index (Phi) is 5.42. The van der Waals surface area contributed by atoms with E-state index in [0.29, 0.717) is 22.9 Å². The Balaban J connectivity index is 2.20. The summed E-state index contributed by atoms with van der Waals surface area (Å²) in [4.78, 5) is 10.7. The van der Waals surface area contributed by atoms with Crippen molar-refractivity contribution in [2.75, 3.05) is 0 Å². The maximum Gasteiger partial charge on any atom is 0.150 e. The lowest BCUT2D eigenvalue weighted by molar-refractivity contribution is 0.112. The molecule has 0 saturated heterocycles. The number of hydrogen-bond acceptors (Lipinski definition) is 3. The fourth-order valence-electron chi connectivity index (χ4n) is 2.01. The van der Waals surface area contributed by atoms with Crippen LogP contribution in [0, 0.1) is 0 Å². The minimum Gasteiger partial charge on any atom is -0.486 e. The van der Waals surface area contributed by atoms with Crippen LogP contribution < -0.4 is 4.74 Å². The molecular weight excluding hydrogens is 356 g/mol. The van der Waals surface area contributed by atoms with Gasteiger partial charge in [-0.05, 0) is 47.5 Å². The SMILES string of the molecule is CCc1nn(CC)c(COc2ccc(C=O)cc2Br)c1Cl. The highest BCUT2D eigenvalue weighted by Gasteiger charge is 2.15. The van der Waals surface area contributed by atoms with E-state index >= 15 is 0 Å². The molecule has 0 fully saturated rings. The number of halogens is 2. The Hall–Kier alpha value is -1.33. The van der Waals surface area contributed by atoms with Gasteiger partial charge in [-0.2, -0.15) is 5.10 Å². The number of benzene rings is 1. The van der Waals surface area contributed by atoms with Gasteiger partial charge >= 0.3 is 0 Å². The average molecular weight is 372 g/mol. The molecule has 0 amide bonds. The standard InChI is InChI=1S/C15H16BrClN2O2/c1-3-12-15(17)13(19(4-2)18-12)9-21-14-6-5-10(8-20)7-11(14)16/h5-8H,3-4,9H2,1-2H3. The summed E-state index contributed by atoms with van der Waals surface area (Å²) < 4.78 is 8.39. The van der Waals surface area contributed by atoms with Crippen LogP contribution in [0.4, 0.5) is 0 Å². The number of rotatable bonds is 6. The van der Waals surface area contributed by atoms with Crippen LogP contribution in [-0.4, -0.2) is 16.1 Å². The molecule has 0 aliphatic carbocycles. The highest BCUT2D eigenvalue weighted by molar-refractivity contribution is 9.10. The molecular formula is C15H16BrClN2O2. The Labute approximate surface area is 137 Å². The third-order valence-electron chi connectivity index (χ3n) is 3.15. The van der Waals surface area contributed by atoms with Crippen LogP contribution in [0.5, 0.6) is 5.75 Å². The zero-order valence-corrected chi connectivity index (χ0v) is 14.2. The molecule has 0 saturated carbocycles. The van der Waals surface area contributed by atoms with Crippen LogP contribution in [0.1, 0.15) is 35.6 Å². The minimum atomic E-state index is 0.332. The van der Waals surface area contributed by atoms with Crippen LogP contribution in [0.15, 0.2) is 22.7 Å². The third kappa shape index (κ3) is 3.47. The van der Waals surface area contributed by atoms with E-state index in [0.717, 1.165) is 35.1 Å². The van der Waals surface area contributed by atoms with Gasteiger partial charge in [-0.15, -0.1) is 0 Å². The molecule has 0 spiro atoms. The molecule has 2 aromatic rings. The van der Waals surface area contributed by atoms with Gasteiger partial charge in [0, 0.05) is 12.1 Å². The predicted octanol–water partition coefficient (Wildman–Crippen LogP) is 4.27. The molecule has 0 N–H and O–H groups in total. The maximum atomic E-state index is 10.7. The lowest BCUT2D eigenvalue weighted by Crippen LogP contribution is -2.06. The topological polar surface area (TPSA) is 44.1 Å². The largest absolute Gasteiger partial charge is 0.486 e. The van der Waals surface area contributed by atoms with Gasteiger partial charge in [0.25, 0.3) is 0 Å². The van der Waals surface area contributed by atoms with Crippen LogP contribution in [-0.2, 0) is 19.6 Å². The summed E-state index contributed by atoms with van der Waals surface area (Å²) in [5.41, 5.74) is 2.34. The second kappa shape index (κ2) is 7.09. The number of carbonyl (C=O) groups is 1. The minimum absolute atomic E-state index is 0.332. The van der Waals surface area contributed by atoms with E-state index in [1.807, 2.05) is 18.5 Å². The predicted molar refractivity (Wildman–Crippen MR) is 86.2 cm³/mol. The molecule has 1 heterocycles. The Morgan fingerprint density at radius 1 is 1.43 bits per heavy atom. The first kappa shape index (κ1) is 16.0. The van der Waals surface area contributed by atoms with E-state index in [1.54, 1.807) is 18.2 Å². The Morgan fingerprint density at radius 3 is 2.76 bits per heavy atom. The lowest BCUT2D eigenvalue weighted by Gasteiger charge is -2.10. The smallest absolute Gasteiger partial charge is 0.150 e. The molecule has 1 aromatic carbocycles. The van der Waals surface area contributed by atoms with Gasteiger partial charge in [0.15, 0.2) is 0 Å². The molecule has 0 aliphatic heterocycles. The molecule has 1 aromatic heterocycles. The first-order valence-electron chi connectivity index (χ1n) is 6.72. The number of nitrogens with zero attached hydrogens (tertiary/aromatic N) is 2. The maximum absolute atomic E-state index is 10.7. The van der Waals surface area contributed by atoms with Crippen molar-refractivity contribution < 1.29 is 9.53 Å². The summed E-state index contributed by atoms with van der Waals surface area (Å²) in [5.74, 6) is 0.665. The molecule has 6 heteroatoms. The summed E-state index contributed by atoms with van der Waals surface area (Å²) in [7, 11) is 0. The van der Waals surface area contributed by atoms with Crippen LogP contribution in [0.2, 0.25) is 5.02 Å². The Morgan fingerprint density at radius 2 is 2.19 bits per heavy atom. The van der Waals surface area contributed by atoms with Crippen molar-refractivity contribution in [3.63, 3.8) is 0 Å². The number of aryl methyl sites for hydroxylation is 2. The first-order chi connectivity index (χ1) is 10.1. The van der Waals surface area contributed by atoms with Crippen molar-refractivity contribution in [3.8, 4) is 5.75 Å². The Bertz CT molecular complexity index is 655. The zero-order valence-electron chi connectivity index (χ0n) is 11.9. The first-order valence-corrected chi connectivity index (χ1v) is 7.89. The summed E-state index contributed by atoms with van der Waals surface area (Å²) in [6.07, 6.45) is 1.58. The molecule has 2 rings (SSSR count). The molecule has 4 nitrogen and oxygen atoms in total. The summed E-state index contributed by atoms with van der Waals surface area (Å²) in [5, 5.41) is 5.12. The fourth-order valence-corrected chi connectivity index (χ4v) is 2.84. The monoisotopic (exact) mass is 370 g/mol. The van der Waals surface area contributed by atoms with Crippen molar-refractivity contribution in [2.24, 2.45) is 0 Å². The van der Waals surface area contributed by atoms with Gasteiger partial charge in [-0.25, -0.2) is 0 Å². The quantitative estimate of drug-likeness (QED) is 0.712. The highest BCUT2D eigenvalue weighted by atomic mass is 79.9. The van der Waals surface area contributed by atoms with Crippen molar-refractivity contribution in [3.05, 3.63) is 44.6 Å². The molecule has 21 heavy (non-hydrogen) atoms. The fraction of sp³-hybridized carbons (Fsp3) is 0.333. The normalized spacial score (nSPS) is 10.7. The van der Waals surface area contributed by atoms with E-state index in [1.165, 1.54) is 0 Å². The summed E-state index contributed by atoms with van der Waals surface area (Å²) >= 11 is 9.74. The number of aromatic nitrogens is 2. The van der Waals surface area contributed by atoms with Crippen LogP contribution >= 0.6 is 27.5 Å². The second-order valence-corrected chi connectivity index (χ2v) is 5.71. The van der Waals surface area contributed by atoms with Gasteiger partial charge in [-0.3, -0.25) is 9.48 Å². The van der Waals surface area contributed by atoms with Gasteiger partial charge < -0.3 is 4.74 Å². The number of hydrogen-bond donors (Lipinski definition) is 0. The number of aldehydes is 1. The van der Waals surface area contributed by atoms with E-state index in [2.05, 4.69) is 21.0 Å². The van der Waals surface area contributed by atoms with E-state index in [9.17, 15) is 4.79 Å². The van der Waals surface area contributed by atoms with Crippen LogP contribution in [0.3, 0.4) is 0 Å². The number of carbonyl (C=O) groups excluding carboxylic acids is 1. The molecule has 0 radical (unpaired) electrons. The lowest BCUT2D eigenvalue weighted by atomic mass is 10.2. The van der Waals surface area contributed by atoms with Gasteiger partial charge in [0.1, 0.15) is 18.6 Å². The molecule has 0 unspecified atom stereocenters. The van der Waals surface area contributed by atoms with Gasteiger partial charge in [-0.1, -0.05) is 18.5 Å². The van der Waals surface area contributed by atoms with E-state index < -0.39 is 0 Å². The van der Waals surface area contributed by atoms with Gasteiger partial charge in [0.05, 0.1) is 20.9 Å². The van der Waals surface area contributed by atoms with E-state index in [-0.39, 0.29) is 0 Å². The van der Waals surface area contributed by atoms with Crippen molar-refractivity contribution >= 4 is 33.8 Å². The zero-order chi connectivity index (χ0) is 15.4. The molecule has 0 bridgehead atoms. The third-order valence-corrected chi connectivity index (χ3v) is 4.21. The number of ether oxygens (including phenoxy) is 1. The highest BCUT2D eigenvalue weighted by Crippen LogP contribution is 2.28. The van der Waals surface area contributed by atoms with Crippen molar-refractivity contribution in [2.45, 2.75) is 33.4 Å². The second-order valence-electron chi connectivity index (χ2n) is 4.47. The summed E-state index contributed by atoms with van der Waals surface area (Å²) in [6.45, 7) is 5.11. The van der Waals surface area contributed by atoms with Crippen molar-refractivity contribution in [1.82, 2.24) is 9.78 Å². The average Bonchev–Trinajstić information content (AvgIpc) is 2.81.